The number of urea groups is 1. The number of rotatable bonds is 8. The minimum Gasteiger partial charge on any atom is -0.481 e. The van der Waals surface area contributed by atoms with E-state index in [0.717, 1.165) is 0 Å². The molecule has 1 aromatic rings. The number of carbonyl (C=O) groups is 2. The number of aromatic nitrogens is 2. The van der Waals surface area contributed by atoms with Crippen LogP contribution in [-0.2, 0) is 16.1 Å². The number of carboxylic acids is 1. The van der Waals surface area contributed by atoms with Gasteiger partial charge >= 0.3 is 12.0 Å². The van der Waals surface area contributed by atoms with Crippen LogP contribution in [-0.4, -0.2) is 47.1 Å². The van der Waals surface area contributed by atoms with Crippen LogP contribution in [0.5, 0.6) is 0 Å². The summed E-state index contributed by atoms with van der Waals surface area (Å²) in [4.78, 5) is 22.2. The number of hydrogen-bond donors (Lipinski definition) is 3. The molecule has 0 radical (unpaired) electrons. The molecule has 0 aromatic carbocycles. The number of carboxylic acid groups (broad SMARTS) is 1. The van der Waals surface area contributed by atoms with Crippen molar-refractivity contribution in [2.45, 2.75) is 19.9 Å². The molecule has 0 aliphatic carbocycles. The van der Waals surface area contributed by atoms with E-state index in [0.29, 0.717) is 31.8 Å². The van der Waals surface area contributed by atoms with Gasteiger partial charge in [0.1, 0.15) is 0 Å². The summed E-state index contributed by atoms with van der Waals surface area (Å²) in [6.07, 6.45) is 3.61. The lowest BCUT2D eigenvalue weighted by Crippen LogP contribution is -2.31. The molecule has 0 spiro atoms. The van der Waals surface area contributed by atoms with Gasteiger partial charge in [0.2, 0.25) is 0 Å². The molecule has 0 bridgehead atoms. The third kappa shape index (κ3) is 5.70. The average molecular weight is 284 g/mol. The molecule has 1 rings (SSSR count). The van der Waals surface area contributed by atoms with E-state index in [1.165, 1.54) is 6.20 Å². The zero-order chi connectivity index (χ0) is 15.0. The van der Waals surface area contributed by atoms with E-state index in [4.69, 9.17) is 9.84 Å². The van der Waals surface area contributed by atoms with Crippen molar-refractivity contribution < 1.29 is 19.4 Å². The van der Waals surface area contributed by atoms with Gasteiger partial charge in [0.05, 0.1) is 31.0 Å². The summed E-state index contributed by atoms with van der Waals surface area (Å²) in [6.45, 7) is 3.05. The lowest BCUT2D eigenvalue weighted by Gasteiger charge is -2.08. The van der Waals surface area contributed by atoms with Crippen molar-refractivity contribution in [3.8, 4) is 0 Å². The number of ether oxygens (including phenoxy) is 1. The zero-order valence-electron chi connectivity index (χ0n) is 11.6. The molecule has 1 atom stereocenters. The molecule has 3 N–H and O–H groups in total. The molecule has 0 saturated carbocycles. The molecule has 0 aliphatic rings. The van der Waals surface area contributed by atoms with E-state index in [2.05, 4.69) is 15.7 Å². The minimum absolute atomic E-state index is 0.303. The molecule has 0 fully saturated rings. The Kier molecular flexibility index (Phi) is 6.51. The van der Waals surface area contributed by atoms with E-state index in [1.807, 2.05) is 0 Å². The summed E-state index contributed by atoms with van der Waals surface area (Å²) in [5, 5.41) is 18.0. The van der Waals surface area contributed by atoms with Crippen molar-refractivity contribution in [3.05, 3.63) is 12.4 Å². The molecule has 0 aliphatic heterocycles. The van der Waals surface area contributed by atoms with Crippen molar-refractivity contribution in [2.75, 3.05) is 25.6 Å². The van der Waals surface area contributed by atoms with E-state index in [9.17, 15) is 9.59 Å². The van der Waals surface area contributed by atoms with Crippen molar-refractivity contribution in [3.63, 3.8) is 0 Å². The third-order valence-corrected chi connectivity index (χ3v) is 2.70. The van der Waals surface area contributed by atoms with Gasteiger partial charge in [-0.15, -0.1) is 0 Å². The molecule has 8 nitrogen and oxygen atoms in total. The first-order chi connectivity index (χ1) is 9.52. The van der Waals surface area contributed by atoms with Gasteiger partial charge in [-0.3, -0.25) is 9.48 Å². The fraction of sp³-hybridized carbons (Fsp3) is 0.583. The van der Waals surface area contributed by atoms with Gasteiger partial charge in [0.25, 0.3) is 0 Å². The molecule has 8 heteroatoms. The normalized spacial score (nSPS) is 11.9. The molecule has 1 aromatic heterocycles. The first-order valence-electron chi connectivity index (χ1n) is 6.32. The highest BCUT2D eigenvalue weighted by Gasteiger charge is 2.11. The van der Waals surface area contributed by atoms with Crippen molar-refractivity contribution in [1.29, 1.82) is 0 Å². The Balaban J connectivity index is 2.28. The van der Waals surface area contributed by atoms with Crippen LogP contribution >= 0.6 is 0 Å². The highest BCUT2D eigenvalue weighted by molar-refractivity contribution is 5.88. The van der Waals surface area contributed by atoms with E-state index < -0.39 is 11.9 Å². The standard InChI is InChI=1S/C12H20N4O4/c1-9(11(17)18)3-4-13-12(19)15-10-7-14-16(8-10)5-6-20-2/h7-9H,3-6H2,1-2H3,(H,17,18)(H2,13,15,19). The van der Waals surface area contributed by atoms with Gasteiger partial charge in [0.15, 0.2) is 0 Å². The lowest BCUT2D eigenvalue weighted by molar-refractivity contribution is -0.141. The highest BCUT2D eigenvalue weighted by atomic mass is 16.5. The van der Waals surface area contributed by atoms with Crippen LogP contribution in [0.25, 0.3) is 0 Å². The summed E-state index contributed by atoms with van der Waals surface area (Å²) in [5.41, 5.74) is 0.574. The monoisotopic (exact) mass is 284 g/mol. The number of anilines is 1. The van der Waals surface area contributed by atoms with Gasteiger partial charge < -0.3 is 20.5 Å². The zero-order valence-corrected chi connectivity index (χ0v) is 11.6. The predicted molar refractivity (Wildman–Crippen MR) is 72.5 cm³/mol. The van der Waals surface area contributed by atoms with Gasteiger partial charge in [-0.1, -0.05) is 6.92 Å². The molecule has 2 amide bonds. The molecule has 20 heavy (non-hydrogen) atoms. The minimum atomic E-state index is -0.869. The Morgan fingerprint density at radius 2 is 2.30 bits per heavy atom. The largest absolute Gasteiger partial charge is 0.481 e. The van der Waals surface area contributed by atoms with E-state index >= 15 is 0 Å². The molecular weight excluding hydrogens is 264 g/mol. The summed E-state index contributed by atoms with van der Waals surface area (Å²) in [7, 11) is 1.61. The molecule has 1 unspecified atom stereocenters. The van der Waals surface area contributed by atoms with Gasteiger partial charge in [-0.05, 0) is 6.42 Å². The number of aliphatic carboxylic acids is 1. The van der Waals surface area contributed by atoms with Crippen LogP contribution < -0.4 is 10.6 Å². The third-order valence-electron chi connectivity index (χ3n) is 2.70. The predicted octanol–water partition coefficient (Wildman–Crippen LogP) is 0.762. The van der Waals surface area contributed by atoms with E-state index in [1.54, 1.807) is 24.9 Å². The number of nitrogens with one attached hydrogen (secondary N) is 2. The quantitative estimate of drug-likeness (QED) is 0.653. The summed E-state index contributed by atoms with van der Waals surface area (Å²) in [5.74, 6) is -1.35. The van der Waals surface area contributed by atoms with Gasteiger partial charge in [0, 0.05) is 19.9 Å². The second-order valence-electron chi connectivity index (χ2n) is 4.39. The Bertz CT molecular complexity index is 446. The van der Waals surface area contributed by atoms with Crippen LogP contribution in [0, 0.1) is 5.92 Å². The maximum absolute atomic E-state index is 11.6. The van der Waals surface area contributed by atoms with Crippen LogP contribution in [0.2, 0.25) is 0 Å². The summed E-state index contributed by atoms with van der Waals surface area (Å²) in [6, 6.07) is -0.381. The fourth-order valence-electron chi connectivity index (χ4n) is 1.44. The van der Waals surface area contributed by atoms with Crippen molar-refractivity contribution in [2.24, 2.45) is 5.92 Å². The topological polar surface area (TPSA) is 105 Å². The SMILES string of the molecule is COCCn1cc(NC(=O)NCCC(C)C(=O)O)cn1. The number of carbonyl (C=O) groups excluding carboxylic acids is 1. The smallest absolute Gasteiger partial charge is 0.319 e. The number of hydrogen-bond acceptors (Lipinski definition) is 4. The van der Waals surface area contributed by atoms with Crippen LogP contribution in [0.15, 0.2) is 12.4 Å². The Hall–Kier alpha value is -2.09. The van der Waals surface area contributed by atoms with E-state index in [-0.39, 0.29) is 6.03 Å². The Morgan fingerprint density at radius 3 is 2.95 bits per heavy atom. The van der Waals surface area contributed by atoms with Gasteiger partial charge in [-0.25, -0.2) is 4.79 Å². The molecule has 1 heterocycles. The average Bonchev–Trinajstić information content (AvgIpc) is 2.83. The first-order valence-corrected chi connectivity index (χ1v) is 6.32. The maximum atomic E-state index is 11.6. The van der Waals surface area contributed by atoms with Crippen molar-refractivity contribution >= 4 is 17.7 Å². The van der Waals surface area contributed by atoms with Crippen LogP contribution in [0.4, 0.5) is 10.5 Å². The van der Waals surface area contributed by atoms with Crippen molar-refractivity contribution in [1.82, 2.24) is 15.1 Å². The first kappa shape index (κ1) is 16.0. The van der Waals surface area contributed by atoms with Crippen LogP contribution in [0.3, 0.4) is 0 Å². The lowest BCUT2D eigenvalue weighted by atomic mass is 10.1. The Morgan fingerprint density at radius 1 is 1.55 bits per heavy atom. The maximum Gasteiger partial charge on any atom is 0.319 e. The summed E-state index contributed by atoms with van der Waals surface area (Å²) >= 11 is 0. The summed E-state index contributed by atoms with van der Waals surface area (Å²) < 4.78 is 6.58. The highest BCUT2D eigenvalue weighted by Crippen LogP contribution is 2.04. The number of methoxy groups -OCH3 is 1. The fourth-order valence-corrected chi connectivity index (χ4v) is 1.44. The second kappa shape index (κ2) is 8.16. The molecular formula is C12H20N4O4. The number of amides is 2. The number of nitrogens with zero attached hydrogens (tertiary/aromatic N) is 2. The van der Waals surface area contributed by atoms with Crippen LogP contribution in [0.1, 0.15) is 13.3 Å². The molecule has 112 valence electrons. The van der Waals surface area contributed by atoms with Gasteiger partial charge in [-0.2, -0.15) is 5.10 Å². The Labute approximate surface area is 117 Å². The molecule has 0 saturated heterocycles. The second-order valence-corrected chi connectivity index (χ2v) is 4.39.